The number of anilines is 2. The number of rotatable bonds is 3. The van der Waals surface area contributed by atoms with Crippen LogP contribution in [0.4, 0.5) is 24.8 Å². The normalized spacial score (nSPS) is 25.2. The maximum atomic E-state index is 12.7. The molecule has 0 radical (unpaired) electrons. The fraction of sp³-hybridized carbons (Fsp3) is 0.688. The summed E-state index contributed by atoms with van der Waals surface area (Å²) >= 11 is 0. The van der Waals surface area contributed by atoms with Crippen molar-refractivity contribution in [3.63, 3.8) is 0 Å². The Bertz CT molecular complexity index is 616. The monoisotopic (exact) mass is 357 g/mol. The Labute approximate surface area is 144 Å². The van der Waals surface area contributed by atoms with Crippen molar-refractivity contribution in [2.45, 2.75) is 37.9 Å². The molecule has 1 amide bonds. The highest BCUT2D eigenvalue weighted by Gasteiger charge is 2.41. The molecule has 1 saturated carbocycles. The molecule has 1 aliphatic carbocycles. The first-order valence-corrected chi connectivity index (χ1v) is 8.47. The number of hydrogen-bond donors (Lipinski definition) is 1. The Morgan fingerprint density at radius 3 is 2.52 bits per heavy atom. The van der Waals surface area contributed by atoms with Crippen LogP contribution in [0.25, 0.3) is 0 Å². The lowest BCUT2D eigenvalue weighted by Gasteiger charge is -2.33. The van der Waals surface area contributed by atoms with Gasteiger partial charge in [0, 0.05) is 32.2 Å². The summed E-state index contributed by atoms with van der Waals surface area (Å²) in [5, 5.41) is 3.21. The summed E-state index contributed by atoms with van der Waals surface area (Å²) in [4.78, 5) is 23.8. The molecule has 9 heteroatoms. The first-order chi connectivity index (χ1) is 11.8. The van der Waals surface area contributed by atoms with Crippen LogP contribution in [-0.4, -0.2) is 59.7 Å². The summed E-state index contributed by atoms with van der Waals surface area (Å²) in [7, 11) is 1.77. The van der Waals surface area contributed by atoms with Gasteiger partial charge in [-0.3, -0.25) is 4.79 Å². The van der Waals surface area contributed by atoms with E-state index in [1.807, 2.05) is 4.90 Å². The molecular formula is C16H22F3N5O. The van der Waals surface area contributed by atoms with Crippen LogP contribution >= 0.6 is 0 Å². The van der Waals surface area contributed by atoms with Crippen LogP contribution < -0.4 is 10.2 Å². The van der Waals surface area contributed by atoms with E-state index in [0.717, 1.165) is 0 Å². The summed E-state index contributed by atoms with van der Waals surface area (Å²) < 4.78 is 38.2. The lowest BCUT2D eigenvalue weighted by atomic mass is 9.85. The van der Waals surface area contributed by atoms with E-state index in [9.17, 15) is 18.0 Å². The number of piperazine rings is 1. The second-order valence-corrected chi connectivity index (χ2v) is 6.73. The van der Waals surface area contributed by atoms with Crippen LogP contribution in [0.2, 0.25) is 0 Å². The topological polar surface area (TPSA) is 61.4 Å². The molecule has 1 saturated heterocycles. The quantitative estimate of drug-likeness (QED) is 0.899. The molecule has 0 atom stereocenters. The Morgan fingerprint density at radius 1 is 1.16 bits per heavy atom. The number of carbonyl (C=O) groups is 1. The first kappa shape index (κ1) is 17.8. The van der Waals surface area contributed by atoms with Gasteiger partial charge in [-0.2, -0.15) is 13.2 Å². The van der Waals surface area contributed by atoms with Crippen molar-refractivity contribution in [1.82, 2.24) is 14.9 Å². The second kappa shape index (κ2) is 7.05. The van der Waals surface area contributed by atoms with Gasteiger partial charge in [0.15, 0.2) is 0 Å². The zero-order valence-corrected chi connectivity index (χ0v) is 14.1. The van der Waals surface area contributed by atoms with Crippen molar-refractivity contribution < 1.29 is 18.0 Å². The molecule has 138 valence electrons. The summed E-state index contributed by atoms with van der Waals surface area (Å²) in [5.74, 6) is 0.0856. The molecule has 2 heterocycles. The lowest BCUT2D eigenvalue weighted by Crippen LogP contribution is -2.48. The second-order valence-electron chi connectivity index (χ2n) is 6.73. The number of likely N-dealkylation sites (N-methyl/N-ethyl adjacent to an activating group) is 1. The largest absolute Gasteiger partial charge is 0.391 e. The molecule has 2 fully saturated rings. The molecule has 1 aliphatic heterocycles. The zero-order valence-electron chi connectivity index (χ0n) is 14.1. The van der Waals surface area contributed by atoms with Gasteiger partial charge >= 0.3 is 6.18 Å². The zero-order chi connectivity index (χ0) is 18.0. The molecule has 2 aliphatic rings. The molecule has 1 N–H and O–H groups in total. The van der Waals surface area contributed by atoms with E-state index in [2.05, 4.69) is 15.3 Å². The number of alkyl halides is 3. The third-order valence-electron chi connectivity index (χ3n) is 4.98. The van der Waals surface area contributed by atoms with Gasteiger partial charge in [0.05, 0.1) is 12.5 Å². The van der Waals surface area contributed by atoms with Crippen LogP contribution in [0.1, 0.15) is 25.7 Å². The van der Waals surface area contributed by atoms with Crippen molar-refractivity contribution in [2.24, 2.45) is 5.92 Å². The predicted molar refractivity (Wildman–Crippen MR) is 87.3 cm³/mol. The number of aromatic nitrogens is 2. The smallest absolute Gasteiger partial charge is 0.367 e. The summed E-state index contributed by atoms with van der Waals surface area (Å²) in [6.07, 6.45) is -1.45. The fourth-order valence-electron chi connectivity index (χ4n) is 3.33. The Kier molecular flexibility index (Phi) is 5.01. The highest BCUT2D eigenvalue weighted by Crippen LogP contribution is 2.38. The van der Waals surface area contributed by atoms with E-state index in [-0.39, 0.29) is 31.3 Å². The minimum Gasteiger partial charge on any atom is -0.367 e. The van der Waals surface area contributed by atoms with Crippen molar-refractivity contribution in [1.29, 1.82) is 0 Å². The van der Waals surface area contributed by atoms with Crippen molar-refractivity contribution in [3.8, 4) is 0 Å². The predicted octanol–water partition coefficient (Wildman–Crippen LogP) is 2.29. The average Bonchev–Trinajstić information content (AvgIpc) is 2.57. The van der Waals surface area contributed by atoms with E-state index in [1.165, 1.54) is 6.33 Å². The van der Waals surface area contributed by atoms with Gasteiger partial charge in [-0.1, -0.05) is 0 Å². The minimum atomic E-state index is -4.10. The van der Waals surface area contributed by atoms with Gasteiger partial charge in [0.1, 0.15) is 18.0 Å². The molecule has 0 spiro atoms. The standard InChI is InChI=1S/C16H22F3N5O/c1-23-6-7-24(9-15(23)25)14-8-13(20-10-21-14)22-12-4-2-11(3-5-12)16(17,18)19/h8,10-12H,2-7,9H2,1H3,(H,20,21,22). The van der Waals surface area contributed by atoms with E-state index >= 15 is 0 Å². The highest BCUT2D eigenvalue weighted by atomic mass is 19.4. The fourth-order valence-corrected chi connectivity index (χ4v) is 3.33. The van der Waals surface area contributed by atoms with Crippen molar-refractivity contribution >= 4 is 17.5 Å². The molecule has 6 nitrogen and oxygen atoms in total. The van der Waals surface area contributed by atoms with Gasteiger partial charge in [0.25, 0.3) is 0 Å². The van der Waals surface area contributed by atoms with Gasteiger partial charge in [0.2, 0.25) is 5.91 Å². The Morgan fingerprint density at radius 2 is 1.88 bits per heavy atom. The van der Waals surface area contributed by atoms with Crippen LogP contribution in [0, 0.1) is 5.92 Å². The lowest BCUT2D eigenvalue weighted by molar-refractivity contribution is -0.182. The molecular weight excluding hydrogens is 335 g/mol. The average molecular weight is 357 g/mol. The number of halogens is 3. The molecule has 1 aromatic heterocycles. The van der Waals surface area contributed by atoms with Crippen LogP contribution in [0.15, 0.2) is 12.4 Å². The third kappa shape index (κ3) is 4.32. The maximum Gasteiger partial charge on any atom is 0.391 e. The third-order valence-corrected chi connectivity index (χ3v) is 4.98. The van der Waals surface area contributed by atoms with Gasteiger partial charge in [-0.05, 0) is 25.7 Å². The molecule has 0 unspecified atom stereocenters. The Hall–Kier alpha value is -2.06. The number of carbonyl (C=O) groups excluding carboxylic acids is 1. The SMILES string of the molecule is CN1CCN(c2cc(NC3CCC(C(F)(F)F)CC3)ncn2)CC1=O. The van der Waals surface area contributed by atoms with E-state index in [4.69, 9.17) is 0 Å². The van der Waals surface area contributed by atoms with Crippen LogP contribution in [-0.2, 0) is 4.79 Å². The van der Waals surface area contributed by atoms with Crippen molar-refractivity contribution in [2.75, 3.05) is 36.9 Å². The summed E-state index contributed by atoms with van der Waals surface area (Å²) in [6, 6.07) is 1.74. The van der Waals surface area contributed by atoms with Gasteiger partial charge in [-0.15, -0.1) is 0 Å². The number of amides is 1. The molecule has 1 aromatic rings. The highest BCUT2D eigenvalue weighted by molar-refractivity contribution is 5.82. The molecule has 0 bridgehead atoms. The summed E-state index contributed by atoms with van der Waals surface area (Å²) in [6.45, 7) is 1.59. The number of nitrogens with zero attached hydrogens (tertiary/aromatic N) is 4. The minimum absolute atomic E-state index is 0.0181. The van der Waals surface area contributed by atoms with E-state index < -0.39 is 12.1 Å². The van der Waals surface area contributed by atoms with E-state index in [0.29, 0.717) is 37.6 Å². The Balaban J connectivity index is 1.59. The molecule has 25 heavy (non-hydrogen) atoms. The van der Waals surface area contributed by atoms with Crippen LogP contribution in [0.3, 0.4) is 0 Å². The van der Waals surface area contributed by atoms with Crippen LogP contribution in [0.5, 0.6) is 0 Å². The number of nitrogens with one attached hydrogen (secondary N) is 1. The van der Waals surface area contributed by atoms with E-state index in [1.54, 1.807) is 18.0 Å². The molecule has 3 rings (SSSR count). The van der Waals surface area contributed by atoms with Crippen molar-refractivity contribution in [3.05, 3.63) is 12.4 Å². The maximum absolute atomic E-state index is 12.7. The summed E-state index contributed by atoms with van der Waals surface area (Å²) in [5.41, 5.74) is 0. The number of hydrogen-bond acceptors (Lipinski definition) is 5. The van der Waals surface area contributed by atoms with Gasteiger partial charge in [-0.25, -0.2) is 9.97 Å². The molecule has 0 aromatic carbocycles. The van der Waals surface area contributed by atoms with Gasteiger partial charge < -0.3 is 15.1 Å². The first-order valence-electron chi connectivity index (χ1n) is 8.47.